The molecule has 0 spiro atoms. The van der Waals surface area contributed by atoms with Crippen LogP contribution in [0.25, 0.3) is 0 Å². The van der Waals surface area contributed by atoms with Crippen LogP contribution in [0.3, 0.4) is 0 Å². The summed E-state index contributed by atoms with van der Waals surface area (Å²) < 4.78 is 18.7. The van der Waals surface area contributed by atoms with Crippen molar-refractivity contribution in [3.8, 4) is 0 Å². The lowest BCUT2D eigenvalue weighted by Crippen LogP contribution is -2.35. The number of hydrogen-bond donors (Lipinski definition) is 2. The number of aliphatic hydroxyl groups is 1. The van der Waals surface area contributed by atoms with Gasteiger partial charge in [0, 0.05) is 25.3 Å². The molecule has 2 saturated heterocycles. The summed E-state index contributed by atoms with van der Waals surface area (Å²) in [5.41, 5.74) is 0.666. The maximum absolute atomic E-state index is 13.3. The highest BCUT2D eigenvalue weighted by molar-refractivity contribution is 5.20. The van der Waals surface area contributed by atoms with Crippen molar-refractivity contribution in [2.75, 3.05) is 13.2 Å². The van der Waals surface area contributed by atoms with E-state index in [1.165, 1.54) is 12.1 Å². The van der Waals surface area contributed by atoms with Crippen molar-refractivity contribution in [3.05, 3.63) is 35.6 Å². The number of benzene rings is 1. The van der Waals surface area contributed by atoms with E-state index in [0.29, 0.717) is 11.6 Å². The molecule has 3 rings (SSSR count). The Morgan fingerprint density at radius 2 is 2.05 bits per heavy atom. The molecule has 0 aromatic heterocycles. The van der Waals surface area contributed by atoms with E-state index in [0.717, 1.165) is 51.2 Å². The summed E-state index contributed by atoms with van der Waals surface area (Å²) in [5, 5.41) is 14.0. The SMILES string of the molecule is O[C@@H](c1cccc(F)c1)[C@H]1CC[C@@H](CC2CCOCC2)N1. The molecule has 0 bridgehead atoms. The third kappa shape index (κ3) is 3.82. The summed E-state index contributed by atoms with van der Waals surface area (Å²) in [6.45, 7) is 1.76. The Hall–Kier alpha value is -0.970. The normalized spacial score (nSPS) is 28.7. The number of rotatable bonds is 4. The summed E-state index contributed by atoms with van der Waals surface area (Å²) in [7, 11) is 0. The maximum Gasteiger partial charge on any atom is 0.123 e. The van der Waals surface area contributed by atoms with Gasteiger partial charge in [0.1, 0.15) is 5.82 Å². The molecule has 0 radical (unpaired) electrons. The fourth-order valence-electron chi connectivity index (χ4n) is 3.59. The molecule has 116 valence electrons. The monoisotopic (exact) mass is 293 g/mol. The van der Waals surface area contributed by atoms with E-state index in [4.69, 9.17) is 4.74 Å². The van der Waals surface area contributed by atoms with Crippen LogP contribution in [-0.2, 0) is 4.74 Å². The minimum atomic E-state index is -0.625. The number of hydrogen-bond acceptors (Lipinski definition) is 3. The highest BCUT2D eigenvalue weighted by atomic mass is 19.1. The van der Waals surface area contributed by atoms with Crippen LogP contribution in [-0.4, -0.2) is 30.4 Å². The van der Waals surface area contributed by atoms with E-state index in [-0.39, 0.29) is 11.9 Å². The molecule has 2 fully saturated rings. The fraction of sp³-hybridized carbons (Fsp3) is 0.647. The zero-order valence-electron chi connectivity index (χ0n) is 12.3. The Labute approximate surface area is 125 Å². The van der Waals surface area contributed by atoms with Crippen molar-refractivity contribution in [2.45, 2.75) is 50.3 Å². The van der Waals surface area contributed by atoms with Crippen LogP contribution in [0.1, 0.15) is 43.8 Å². The second-order valence-electron chi connectivity index (χ2n) is 6.34. The maximum atomic E-state index is 13.3. The van der Waals surface area contributed by atoms with Gasteiger partial charge in [-0.2, -0.15) is 0 Å². The molecular formula is C17H24FNO2. The lowest BCUT2D eigenvalue weighted by Gasteiger charge is -2.26. The molecule has 2 aliphatic rings. The third-order valence-corrected chi connectivity index (χ3v) is 4.81. The van der Waals surface area contributed by atoms with Crippen LogP contribution in [0.15, 0.2) is 24.3 Å². The van der Waals surface area contributed by atoms with Gasteiger partial charge in [0.25, 0.3) is 0 Å². The molecule has 3 nitrogen and oxygen atoms in total. The fourth-order valence-corrected chi connectivity index (χ4v) is 3.59. The number of nitrogens with one attached hydrogen (secondary N) is 1. The van der Waals surface area contributed by atoms with E-state index >= 15 is 0 Å². The molecule has 0 unspecified atom stereocenters. The first kappa shape index (κ1) is 14.9. The average Bonchev–Trinajstić information content (AvgIpc) is 2.96. The van der Waals surface area contributed by atoms with Crippen molar-refractivity contribution in [1.82, 2.24) is 5.32 Å². The quantitative estimate of drug-likeness (QED) is 0.897. The van der Waals surface area contributed by atoms with Crippen LogP contribution >= 0.6 is 0 Å². The highest BCUT2D eigenvalue weighted by Crippen LogP contribution is 2.30. The van der Waals surface area contributed by atoms with Crippen LogP contribution in [0.2, 0.25) is 0 Å². The smallest absolute Gasteiger partial charge is 0.123 e. The van der Waals surface area contributed by atoms with E-state index in [2.05, 4.69) is 5.32 Å². The van der Waals surface area contributed by atoms with Gasteiger partial charge in [0.15, 0.2) is 0 Å². The van der Waals surface area contributed by atoms with Gasteiger partial charge in [0.05, 0.1) is 6.10 Å². The first-order valence-electron chi connectivity index (χ1n) is 7.99. The van der Waals surface area contributed by atoms with Gasteiger partial charge in [0.2, 0.25) is 0 Å². The molecule has 1 aromatic rings. The van der Waals surface area contributed by atoms with Gasteiger partial charge in [-0.3, -0.25) is 0 Å². The molecule has 2 aliphatic heterocycles. The van der Waals surface area contributed by atoms with Crippen molar-refractivity contribution in [1.29, 1.82) is 0 Å². The molecule has 4 heteroatoms. The molecular weight excluding hydrogens is 269 g/mol. The molecule has 0 saturated carbocycles. The summed E-state index contributed by atoms with van der Waals surface area (Å²) in [6, 6.07) is 6.80. The molecule has 0 aliphatic carbocycles. The molecule has 3 atom stereocenters. The lowest BCUT2D eigenvalue weighted by molar-refractivity contribution is 0.0604. The van der Waals surface area contributed by atoms with E-state index in [1.807, 2.05) is 0 Å². The van der Waals surface area contributed by atoms with Crippen LogP contribution < -0.4 is 5.32 Å². The van der Waals surface area contributed by atoms with Crippen molar-refractivity contribution in [3.63, 3.8) is 0 Å². The molecule has 21 heavy (non-hydrogen) atoms. The van der Waals surface area contributed by atoms with E-state index in [9.17, 15) is 9.50 Å². The van der Waals surface area contributed by atoms with Crippen molar-refractivity contribution in [2.24, 2.45) is 5.92 Å². The summed E-state index contributed by atoms with van der Waals surface area (Å²) in [4.78, 5) is 0. The number of ether oxygens (including phenoxy) is 1. The van der Waals surface area contributed by atoms with Gasteiger partial charge in [-0.15, -0.1) is 0 Å². The van der Waals surface area contributed by atoms with Crippen LogP contribution in [0.5, 0.6) is 0 Å². The number of aliphatic hydroxyl groups excluding tert-OH is 1. The van der Waals surface area contributed by atoms with Crippen molar-refractivity contribution < 1.29 is 14.2 Å². The topological polar surface area (TPSA) is 41.5 Å². The summed E-state index contributed by atoms with van der Waals surface area (Å²) in [5.74, 6) is 0.449. The first-order chi connectivity index (χ1) is 10.2. The largest absolute Gasteiger partial charge is 0.387 e. The highest BCUT2D eigenvalue weighted by Gasteiger charge is 2.31. The Balaban J connectivity index is 1.53. The first-order valence-corrected chi connectivity index (χ1v) is 7.99. The van der Waals surface area contributed by atoms with E-state index in [1.54, 1.807) is 12.1 Å². The molecule has 0 amide bonds. The number of halogens is 1. The van der Waals surface area contributed by atoms with Crippen molar-refractivity contribution >= 4 is 0 Å². The zero-order valence-corrected chi connectivity index (χ0v) is 12.3. The predicted molar refractivity (Wildman–Crippen MR) is 79.5 cm³/mol. The van der Waals surface area contributed by atoms with E-state index < -0.39 is 6.10 Å². The standard InChI is InChI=1S/C17H24FNO2/c18-14-3-1-2-13(11-14)17(20)16-5-4-15(19-16)10-12-6-8-21-9-7-12/h1-3,11-12,15-17,19-20H,4-10H2/t15-,16+,17-/m0/s1. The molecule has 2 N–H and O–H groups in total. The lowest BCUT2D eigenvalue weighted by atomic mass is 9.92. The van der Waals surface area contributed by atoms with Gasteiger partial charge in [-0.05, 0) is 55.7 Å². The minimum Gasteiger partial charge on any atom is -0.387 e. The summed E-state index contributed by atoms with van der Waals surface area (Å²) >= 11 is 0. The van der Waals surface area contributed by atoms with Gasteiger partial charge in [-0.1, -0.05) is 12.1 Å². The summed E-state index contributed by atoms with van der Waals surface area (Å²) in [6.07, 6.45) is 4.88. The second kappa shape index (κ2) is 6.86. The molecule has 1 aromatic carbocycles. The average molecular weight is 293 g/mol. The van der Waals surface area contributed by atoms with Gasteiger partial charge in [-0.25, -0.2) is 4.39 Å². The predicted octanol–water partition coefficient (Wildman–Crippen LogP) is 2.80. The second-order valence-corrected chi connectivity index (χ2v) is 6.34. The minimum absolute atomic E-state index is 0.0386. The van der Waals surface area contributed by atoms with Crippen LogP contribution in [0, 0.1) is 11.7 Å². The Morgan fingerprint density at radius 3 is 2.81 bits per heavy atom. The third-order valence-electron chi connectivity index (χ3n) is 4.81. The van der Waals surface area contributed by atoms with Crippen LogP contribution in [0.4, 0.5) is 4.39 Å². The molecule has 2 heterocycles. The Bertz CT molecular complexity index is 462. The Morgan fingerprint density at radius 1 is 1.24 bits per heavy atom. The van der Waals surface area contributed by atoms with Gasteiger partial charge >= 0.3 is 0 Å². The van der Waals surface area contributed by atoms with Gasteiger partial charge < -0.3 is 15.2 Å². The zero-order chi connectivity index (χ0) is 14.7. The Kier molecular flexibility index (Phi) is 4.88.